The topological polar surface area (TPSA) is 98.2 Å². The van der Waals surface area contributed by atoms with Crippen LogP contribution in [0.4, 0.5) is 13.2 Å². The summed E-state index contributed by atoms with van der Waals surface area (Å²) in [6, 6.07) is 11.4. The lowest BCUT2D eigenvalue weighted by Gasteiger charge is -2.12. The monoisotopic (exact) mass is 411 g/mol. The number of nitrogens with two attached hydrogens (primary N) is 1. The number of benzene rings is 2. The third-order valence-electron chi connectivity index (χ3n) is 4.08. The molecule has 28 heavy (non-hydrogen) atoms. The van der Waals surface area contributed by atoms with E-state index in [2.05, 4.69) is 5.10 Å². The molecule has 148 valence electrons. The van der Waals surface area contributed by atoms with Crippen LogP contribution in [0, 0.1) is 6.92 Å². The molecule has 3 rings (SSSR count). The van der Waals surface area contributed by atoms with Gasteiger partial charge in [0, 0.05) is 5.56 Å². The maximum absolute atomic E-state index is 13.2. The Morgan fingerprint density at radius 2 is 1.86 bits per heavy atom. The van der Waals surface area contributed by atoms with E-state index in [4.69, 9.17) is 5.14 Å². The van der Waals surface area contributed by atoms with Gasteiger partial charge in [-0.25, -0.2) is 18.2 Å². The molecule has 0 saturated heterocycles. The van der Waals surface area contributed by atoms with Crippen molar-refractivity contribution in [2.45, 2.75) is 24.6 Å². The molecule has 0 fully saturated rings. The fourth-order valence-electron chi connectivity index (χ4n) is 2.83. The molecule has 0 saturated carbocycles. The van der Waals surface area contributed by atoms with E-state index < -0.39 is 28.5 Å². The number of rotatable bonds is 4. The van der Waals surface area contributed by atoms with Crippen molar-refractivity contribution >= 4 is 10.0 Å². The van der Waals surface area contributed by atoms with Crippen molar-refractivity contribution in [3.63, 3.8) is 0 Å². The van der Waals surface area contributed by atoms with Crippen molar-refractivity contribution in [1.82, 2.24) is 9.78 Å². The molecular weight excluding hydrogens is 395 g/mol. The van der Waals surface area contributed by atoms with Crippen LogP contribution in [-0.4, -0.2) is 23.3 Å². The molecule has 3 aromatic rings. The Morgan fingerprint density at radius 1 is 1.14 bits per heavy atom. The number of aliphatic hydroxyl groups is 1. The molecule has 0 bridgehead atoms. The second-order valence-corrected chi connectivity index (χ2v) is 7.72. The molecule has 0 unspecified atom stereocenters. The van der Waals surface area contributed by atoms with Crippen molar-refractivity contribution in [3.8, 4) is 16.9 Å². The molecule has 1 heterocycles. The molecule has 0 aliphatic heterocycles. The van der Waals surface area contributed by atoms with Crippen molar-refractivity contribution in [3.05, 3.63) is 65.4 Å². The average molecular weight is 411 g/mol. The number of aromatic nitrogens is 2. The first kappa shape index (κ1) is 20.1. The first-order valence-electron chi connectivity index (χ1n) is 8.02. The predicted octanol–water partition coefficient (Wildman–Crippen LogP) is 3.01. The van der Waals surface area contributed by atoms with Gasteiger partial charge in [-0.15, -0.1) is 0 Å². The van der Waals surface area contributed by atoms with Gasteiger partial charge in [0.1, 0.15) is 0 Å². The minimum absolute atomic E-state index is 0.0424. The molecule has 0 amide bonds. The molecule has 1 aromatic heterocycles. The summed E-state index contributed by atoms with van der Waals surface area (Å²) >= 11 is 0. The lowest BCUT2D eigenvalue weighted by molar-refractivity contribution is -0.141. The summed E-state index contributed by atoms with van der Waals surface area (Å²) < 4.78 is 64.0. The van der Waals surface area contributed by atoms with E-state index in [0.29, 0.717) is 5.56 Å². The van der Waals surface area contributed by atoms with Gasteiger partial charge in [0.2, 0.25) is 10.0 Å². The molecule has 0 spiro atoms. The normalized spacial score (nSPS) is 12.4. The van der Waals surface area contributed by atoms with E-state index in [1.54, 1.807) is 31.2 Å². The highest BCUT2D eigenvalue weighted by atomic mass is 32.2. The van der Waals surface area contributed by atoms with Gasteiger partial charge in [0.05, 0.1) is 22.9 Å². The fourth-order valence-corrected chi connectivity index (χ4v) is 3.57. The Morgan fingerprint density at radius 3 is 2.43 bits per heavy atom. The maximum atomic E-state index is 13.2. The number of aliphatic hydroxyl groups excluding tert-OH is 1. The van der Waals surface area contributed by atoms with Crippen LogP contribution in [-0.2, 0) is 22.8 Å². The van der Waals surface area contributed by atoms with Gasteiger partial charge in [0.15, 0.2) is 5.69 Å². The van der Waals surface area contributed by atoms with E-state index >= 15 is 0 Å². The number of primary sulfonamides is 1. The van der Waals surface area contributed by atoms with Crippen LogP contribution in [0.3, 0.4) is 0 Å². The second kappa shape index (κ2) is 7.04. The summed E-state index contributed by atoms with van der Waals surface area (Å²) in [5, 5.41) is 18.2. The number of hydrogen-bond acceptors (Lipinski definition) is 4. The number of nitrogens with zero attached hydrogens (tertiary/aromatic N) is 2. The molecule has 2 aromatic carbocycles. The smallest absolute Gasteiger partial charge is 0.392 e. The van der Waals surface area contributed by atoms with Crippen LogP contribution in [0.2, 0.25) is 0 Å². The van der Waals surface area contributed by atoms with E-state index in [0.717, 1.165) is 22.4 Å². The van der Waals surface area contributed by atoms with Gasteiger partial charge in [-0.05, 0) is 42.8 Å². The molecule has 0 aliphatic carbocycles. The highest BCUT2D eigenvalue weighted by Crippen LogP contribution is 2.34. The Bertz CT molecular complexity index is 1140. The third-order valence-corrected chi connectivity index (χ3v) is 5.09. The van der Waals surface area contributed by atoms with Crippen molar-refractivity contribution in [1.29, 1.82) is 0 Å². The summed E-state index contributed by atoms with van der Waals surface area (Å²) in [6.45, 7) is 1.15. The van der Waals surface area contributed by atoms with Crippen LogP contribution in [0.15, 0.2) is 53.4 Å². The summed E-state index contributed by atoms with van der Waals surface area (Å²) in [5.74, 6) is 0. The van der Waals surface area contributed by atoms with Gasteiger partial charge in [0.25, 0.3) is 0 Å². The minimum Gasteiger partial charge on any atom is -0.392 e. The molecule has 0 aliphatic rings. The number of aryl methyl sites for hydroxylation is 1. The molecule has 6 nitrogen and oxygen atoms in total. The summed E-state index contributed by atoms with van der Waals surface area (Å²) in [6.07, 6.45) is -4.66. The van der Waals surface area contributed by atoms with E-state index in [-0.39, 0.29) is 21.8 Å². The lowest BCUT2D eigenvalue weighted by atomic mass is 10.1. The van der Waals surface area contributed by atoms with Gasteiger partial charge >= 0.3 is 6.18 Å². The van der Waals surface area contributed by atoms with Crippen molar-refractivity contribution in [2.75, 3.05) is 0 Å². The van der Waals surface area contributed by atoms with E-state index in [1.165, 1.54) is 12.1 Å². The Kier molecular flexibility index (Phi) is 5.04. The lowest BCUT2D eigenvalue weighted by Crippen LogP contribution is -2.15. The van der Waals surface area contributed by atoms with Crippen molar-refractivity contribution in [2.24, 2.45) is 5.14 Å². The molecular formula is C18H16F3N3O3S. The Labute approximate surface area is 159 Å². The first-order valence-corrected chi connectivity index (χ1v) is 9.56. The molecule has 3 N–H and O–H groups in total. The SMILES string of the molecule is Cc1cccc(-c2cc(C(F)(F)F)nn2-c2ccc(S(N)(=O)=O)c(CO)c2)c1. The standard InChI is InChI=1S/C18H16F3N3O3S/c1-11-3-2-4-12(7-11)15-9-17(18(19,20)21)23-24(15)14-5-6-16(28(22,26)27)13(8-14)10-25/h2-9,25H,10H2,1H3,(H2,22,26,27). The number of alkyl halides is 3. The summed E-state index contributed by atoms with van der Waals surface area (Å²) in [5.41, 5.74) is 0.541. The predicted molar refractivity (Wildman–Crippen MR) is 96.0 cm³/mol. The van der Waals surface area contributed by atoms with Crippen molar-refractivity contribution < 1.29 is 26.7 Å². The van der Waals surface area contributed by atoms with Crippen LogP contribution >= 0.6 is 0 Å². The maximum Gasteiger partial charge on any atom is 0.435 e. The number of hydrogen-bond donors (Lipinski definition) is 2. The van der Waals surface area contributed by atoms with E-state index in [9.17, 15) is 26.7 Å². The number of sulfonamides is 1. The Hall–Kier alpha value is -2.69. The molecule has 10 heteroatoms. The van der Waals surface area contributed by atoms with Crippen LogP contribution < -0.4 is 5.14 Å². The fraction of sp³-hybridized carbons (Fsp3) is 0.167. The molecule has 0 atom stereocenters. The van der Waals surface area contributed by atoms with Gasteiger partial charge < -0.3 is 5.11 Å². The highest BCUT2D eigenvalue weighted by Gasteiger charge is 2.35. The van der Waals surface area contributed by atoms with Gasteiger partial charge in [-0.1, -0.05) is 23.8 Å². The zero-order chi connectivity index (χ0) is 20.7. The van der Waals surface area contributed by atoms with Crippen LogP contribution in [0.1, 0.15) is 16.8 Å². The first-order chi connectivity index (χ1) is 13.0. The zero-order valence-electron chi connectivity index (χ0n) is 14.6. The average Bonchev–Trinajstić information content (AvgIpc) is 3.06. The quantitative estimate of drug-likeness (QED) is 0.690. The third kappa shape index (κ3) is 3.93. The zero-order valence-corrected chi connectivity index (χ0v) is 15.4. The number of halogens is 3. The van der Waals surface area contributed by atoms with Crippen LogP contribution in [0.25, 0.3) is 16.9 Å². The largest absolute Gasteiger partial charge is 0.435 e. The Balaban J connectivity index is 2.25. The highest BCUT2D eigenvalue weighted by molar-refractivity contribution is 7.89. The van der Waals surface area contributed by atoms with Gasteiger partial charge in [-0.2, -0.15) is 18.3 Å². The van der Waals surface area contributed by atoms with E-state index in [1.807, 2.05) is 0 Å². The summed E-state index contributed by atoms with van der Waals surface area (Å²) in [7, 11) is -4.10. The summed E-state index contributed by atoms with van der Waals surface area (Å²) in [4.78, 5) is -0.306. The minimum atomic E-state index is -4.66. The van der Waals surface area contributed by atoms with Gasteiger partial charge in [-0.3, -0.25) is 0 Å². The van der Waals surface area contributed by atoms with Crippen LogP contribution in [0.5, 0.6) is 0 Å². The molecule has 0 radical (unpaired) electrons. The second-order valence-electron chi connectivity index (χ2n) is 6.19.